The average molecular weight is 298 g/mol. The van der Waals surface area contributed by atoms with Crippen LogP contribution in [-0.4, -0.2) is 22.0 Å². The Labute approximate surface area is 126 Å². The summed E-state index contributed by atoms with van der Waals surface area (Å²) < 4.78 is 0. The lowest BCUT2D eigenvalue weighted by molar-refractivity contribution is -0.344. The van der Waals surface area contributed by atoms with Crippen LogP contribution < -0.4 is 10.1 Å². The molecule has 1 aromatic heterocycles. The van der Waals surface area contributed by atoms with Crippen molar-refractivity contribution in [1.82, 2.24) is 4.98 Å². The molecule has 3 N–H and O–H groups in total. The number of carbonyl (C=O) groups is 2. The number of hydrogen-bond donors (Lipinski definition) is 2. The summed E-state index contributed by atoms with van der Waals surface area (Å²) in [7, 11) is 0. The van der Waals surface area contributed by atoms with Crippen LogP contribution in [0.1, 0.15) is 11.5 Å². The second-order valence-electron chi connectivity index (χ2n) is 4.48. The fourth-order valence-corrected chi connectivity index (χ4v) is 1.95. The fourth-order valence-electron chi connectivity index (χ4n) is 1.95. The van der Waals surface area contributed by atoms with Crippen LogP contribution in [0.3, 0.4) is 0 Å². The Hall–Kier alpha value is -3.15. The van der Waals surface area contributed by atoms with Crippen LogP contribution in [0.5, 0.6) is 0 Å². The van der Waals surface area contributed by atoms with Crippen LogP contribution in [0.2, 0.25) is 0 Å². The van der Waals surface area contributed by atoms with E-state index >= 15 is 0 Å². The minimum absolute atomic E-state index is 0.218. The van der Waals surface area contributed by atoms with E-state index in [1.165, 1.54) is 12.1 Å². The van der Waals surface area contributed by atoms with Crippen molar-refractivity contribution >= 4 is 23.0 Å². The van der Waals surface area contributed by atoms with Gasteiger partial charge >= 0.3 is 5.97 Å². The number of imidazole rings is 1. The molecule has 0 amide bonds. The highest BCUT2D eigenvalue weighted by Crippen LogP contribution is 2.14. The van der Waals surface area contributed by atoms with Gasteiger partial charge in [-0.2, -0.15) is 0 Å². The smallest absolute Gasteiger partial charge is 0.316 e. The number of para-hydroxylation sites is 2. The van der Waals surface area contributed by atoms with Crippen LogP contribution in [-0.2, 0) is 9.59 Å². The van der Waals surface area contributed by atoms with E-state index in [2.05, 4.69) is 9.97 Å². The van der Waals surface area contributed by atoms with E-state index in [-0.39, 0.29) is 5.56 Å². The predicted molar refractivity (Wildman–Crippen MR) is 76.7 cm³/mol. The predicted octanol–water partition coefficient (Wildman–Crippen LogP) is 0.587. The summed E-state index contributed by atoms with van der Waals surface area (Å²) in [5.41, 5.74) is 2.52. The number of carbonyl (C=O) groups excluding carboxylic acids is 1. The molecular formula is C16H14N2O4. The molecule has 0 spiro atoms. The monoisotopic (exact) mass is 298 g/mol. The van der Waals surface area contributed by atoms with Gasteiger partial charge in [0.05, 0.1) is 5.97 Å². The number of H-pyrrole nitrogens is 2. The molecule has 22 heavy (non-hydrogen) atoms. The number of aromatic nitrogens is 2. The zero-order valence-electron chi connectivity index (χ0n) is 11.5. The Morgan fingerprint density at radius 1 is 1.05 bits per heavy atom. The zero-order valence-corrected chi connectivity index (χ0v) is 11.5. The molecule has 3 rings (SSSR count). The molecule has 1 atom stereocenters. The first kappa shape index (κ1) is 15.2. The number of carboxylic acids is 2. The maximum Gasteiger partial charge on any atom is 0.316 e. The van der Waals surface area contributed by atoms with Crippen LogP contribution in [0.15, 0.2) is 60.9 Å². The Morgan fingerprint density at radius 3 is 2.27 bits per heavy atom. The molecule has 0 aliphatic rings. The van der Waals surface area contributed by atoms with E-state index < -0.39 is 17.9 Å². The van der Waals surface area contributed by atoms with Crippen LogP contribution in [0.25, 0.3) is 11.0 Å². The van der Waals surface area contributed by atoms with Gasteiger partial charge in [-0.05, 0) is 17.7 Å². The van der Waals surface area contributed by atoms with Crippen molar-refractivity contribution in [2.24, 2.45) is 0 Å². The summed E-state index contributed by atoms with van der Waals surface area (Å²) in [6, 6.07) is 15.8. The summed E-state index contributed by atoms with van der Waals surface area (Å²) in [6.45, 7) is 0. The molecule has 2 aromatic carbocycles. The summed E-state index contributed by atoms with van der Waals surface area (Å²) in [5, 5.41) is 19.0. The Bertz CT molecular complexity index is 724. The third-order valence-corrected chi connectivity index (χ3v) is 3.00. The summed E-state index contributed by atoms with van der Waals surface area (Å²) >= 11 is 0. The van der Waals surface area contributed by atoms with E-state index in [9.17, 15) is 14.7 Å². The van der Waals surface area contributed by atoms with Crippen molar-refractivity contribution in [2.75, 3.05) is 0 Å². The zero-order chi connectivity index (χ0) is 15.9. The highest BCUT2D eigenvalue weighted by molar-refractivity contribution is 5.97. The molecule has 3 aromatic rings. The largest absolute Gasteiger partial charge is 0.549 e. The lowest BCUT2D eigenvalue weighted by Crippen LogP contribution is -2.34. The lowest BCUT2D eigenvalue weighted by atomic mass is 10.00. The van der Waals surface area contributed by atoms with Gasteiger partial charge in [-0.1, -0.05) is 42.5 Å². The van der Waals surface area contributed by atoms with Gasteiger partial charge in [0.1, 0.15) is 5.92 Å². The molecule has 6 heteroatoms. The van der Waals surface area contributed by atoms with Gasteiger partial charge in [0.25, 0.3) is 0 Å². The number of hydrogen-bond acceptors (Lipinski definition) is 3. The van der Waals surface area contributed by atoms with E-state index in [0.29, 0.717) is 0 Å². The molecular weight excluding hydrogens is 284 g/mol. The van der Waals surface area contributed by atoms with Crippen LogP contribution in [0.4, 0.5) is 0 Å². The number of carboxylic acid groups (broad SMARTS) is 2. The third-order valence-electron chi connectivity index (χ3n) is 3.00. The van der Waals surface area contributed by atoms with E-state index in [0.717, 1.165) is 11.0 Å². The summed E-state index contributed by atoms with van der Waals surface area (Å²) in [5.74, 6) is -4.59. The quantitative estimate of drug-likeness (QED) is 0.690. The van der Waals surface area contributed by atoms with Crippen LogP contribution in [0, 0.1) is 0 Å². The molecule has 0 radical (unpaired) electrons. The van der Waals surface area contributed by atoms with Gasteiger partial charge in [-0.3, -0.25) is 4.79 Å². The van der Waals surface area contributed by atoms with Crippen molar-refractivity contribution in [3.63, 3.8) is 0 Å². The van der Waals surface area contributed by atoms with Crippen molar-refractivity contribution in [3.8, 4) is 0 Å². The molecule has 1 heterocycles. The second-order valence-corrected chi connectivity index (χ2v) is 4.48. The first-order chi connectivity index (χ1) is 10.6. The van der Waals surface area contributed by atoms with Crippen LogP contribution >= 0.6 is 0 Å². The van der Waals surface area contributed by atoms with Gasteiger partial charge < -0.3 is 15.0 Å². The van der Waals surface area contributed by atoms with Gasteiger partial charge in [-0.25, -0.2) is 9.97 Å². The minimum Gasteiger partial charge on any atom is -0.549 e. The number of fused-ring (bicyclic) bond motifs is 1. The first-order valence-electron chi connectivity index (χ1n) is 6.52. The number of rotatable bonds is 3. The normalized spacial score (nSPS) is 11.3. The third kappa shape index (κ3) is 3.69. The van der Waals surface area contributed by atoms with E-state index in [4.69, 9.17) is 5.11 Å². The van der Waals surface area contributed by atoms with Gasteiger partial charge in [-0.15, -0.1) is 0 Å². The lowest BCUT2D eigenvalue weighted by Gasteiger charge is -2.12. The maximum atomic E-state index is 10.5. The second kappa shape index (κ2) is 7.03. The molecule has 0 fully saturated rings. The molecule has 6 nitrogen and oxygen atoms in total. The molecule has 0 saturated heterocycles. The van der Waals surface area contributed by atoms with Crippen molar-refractivity contribution in [3.05, 3.63) is 66.5 Å². The first-order valence-corrected chi connectivity index (χ1v) is 6.52. The Kier molecular flexibility index (Phi) is 4.87. The highest BCUT2D eigenvalue weighted by atomic mass is 16.4. The highest BCUT2D eigenvalue weighted by Gasteiger charge is 2.20. The van der Waals surface area contributed by atoms with Crippen molar-refractivity contribution in [1.29, 1.82) is 0 Å². The van der Waals surface area contributed by atoms with Crippen molar-refractivity contribution in [2.45, 2.75) is 5.92 Å². The molecule has 0 saturated carbocycles. The van der Waals surface area contributed by atoms with E-state index in [1.807, 2.05) is 30.6 Å². The number of aliphatic carboxylic acids is 2. The number of aromatic amines is 2. The average Bonchev–Trinajstić information content (AvgIpc) is 2.96. The summed E-state index contributed by atoms with van der Waals surface area (Å²) in [6.07, 6.45) is 1.82. The molecule has 0 aliphatic carbocycles. The van der Waals surface area contributed by atoms with Gasteiger partial charge in [0.2, 0.25) is 6.33 Å². The standard InChI is InChI=1S/C9H8O4.C7H6N2/c10-8(11)7(9(12)13)6-4-2-1-3-5-6;1-2-4-7-6(3-1)8-5-9-7/h1-5,7H,(H,10,11)(H,12,13);1-5H,(H,8,9). The molecule has 1 unspecified atom stereocenters. The maximum absolute atomic E-state index is 10.5. The molecule has 0 bridgehead atoms. The topological polar surface area (TPSA) is 107 Å². The van der Waals surface area contributed by atoms with E-state index in [1.54, 1.807) is 18.2 Å². The Balaban J connectivity index is 0.000000170. The van der Waals surface area contributed by atoms with Gasteiger partial charge in [0, 0.05) is 0 Å². The summed E-state index contributed by atoms with van der Waals surface area (Å²) in [4.78, 5) is 27.1. The molecule has 0 aliphatic heterocycles. The fraction of sp³-hybridized carbons (Fsp3) is 0.0625. The molecule has 112 valence electrons. The SMILES string of the molecule is O=C([O-])C(C(=O)O)c1ccccc1.c1ccc2[nH+]c[nH]c2c1. The Morgan fingerprint density at radius 2 is 1.68 bits per heavy atom. The minimum atomic E-state index is -1.60. The van der Waals surface area contributed by atoms with Crippen molar-refractivity contribution < 1.29 is 24.8 Å². The van der Waals surface area contributed by atoms with Gasteiger partial charge in [0.15, 0.2) is 11.0 Å². The number of benzene rings is 2. The number of nitrogens with one attached hydrogen (secondary N) is 2.